The quantitative estimate of drug-likeness (QED) is 0.689. The van der Waals surface area contributed by atoms with E-state index < -0.39 is 0 Å². The van der Waals surface area contributed by atoms with E-state index in [-0.39, 0.29) is 5.82 Å². The van der Waals surface area contributed by atoms with Crippen molar-refractivity contribution in [2.24, 2.45) is 0 Å². The summed E-state index contributed by atoms with van der Waals surface area (Å²) in [5.74, 6) is 0.527. The van der Waals surface area contributed by atoms with E-state index in [0.29, 0.717) is 34.0 Å². The lowest BCUT2D eigenvalue weighted by molar-refractivity contribution is 0.627. The average molecular weight is 364 g/mol. The zero-order valence-corrected chi connectivity index (χ0v) is 13.8. The molecule has 0 aliphatic heterocycles. The molecule has 0 saturated carbocycles. The van der Waals surface area contributed by atoms with Gasteiger partial charge in [0.05, 0.1) is 16.9 Å². The number of rotatable bonds is 5. The summed E-state index contributed by atoms with van der Waals surface area (Å²) in [7, 11) is 0. The number of hydrogen-bond acceptors (Lipinski definition) is 5. The van der Waals surface area contributed by atoms with Gasteiger partial charge >= 0.3 is 0 Å². The molecule has 0 saturated heterocycles. The Balaban J connectivity index is 1.69. The Hall–Kier alpha value is -2.44. The van der Waals surface area contributed by atoms with Gasteiger partial charge in [-0.2, -0.15) is 10.1 Å². The molecule has 24 heavy (non-hydrogen) atoms. The fourth-order valence-electron chi connectivity index (χ4n) is 1.95. The SMILES string of the molecule is Fc1ccc(CNc2nncc(Nc3cc(Cl)ccc3Cl)n2)cc1. The van der Waals surface area contributed by atoms with E-state index in [1.54, 1.807) is 30.3 Å². The molecule has 0 atom stereocenters. The van der Waals surface area contributed by atoms with E-state index in [2.05, 4.69) is 25.8 Å². The number of nitrogens with zero attached hydrogens (tertiary/aromatic N) is 3. The van der Waals surface area contributed by atoms with Crippen LogP contribution in [-0.2, 0) is 6.54 Å². The number of benzene rings is 2. The van der Waals surface area contributed by atoms with Crippen LogP contribution in [-0.4, -0.2) is 15.2 Å². The maximum Gasteiger partial charge on any atom is 0.244 e. The molecule has 0 aliphatic carbocycles. The van der Waals surface area contributed by atoms with Gasteiger partial charge in [0.1, 0.15) is 5.82 Å². The van der Waals surface area contributed by atoms with Crippen molar-refractivity contribution in [3.8, 4) is 0 Å². The van der Waals surface area contributed by atoms with Crippen LogP contribution < -0.4 is 10.6 Å². The zero-order chi connectivity index (χ0) is 16.9. The Morgan fingerprint density at radius 3 is 2.62 bits per heavy atom. The molecule has 0 unspecified atom stereocenters. The fraction of sp³-hybridized carbons (Fsp3) is 0.0625. The molecule has 0 aliphatic rings. The third-order valence-corrected chi connectivity index (χ3v) is 3.68. The highest BCUT2D eigenvalue weighted by Gasteiger charge is 2.05. The molecule has 3 aromatic rings. The molecule has 0 bridgehead atoms. The Morgan fingerprint density at radius 2 is 1.83 bits per heavy atom. The van der Waals surface area contributed by atoms with Crippen LogP contribution in [0, 0.1) is 5.82 Å². The summed E-state index contributed by atoms with van der Waals surface area (Å²) < 4.78 is 12.9. The van der Waals surface area contributed by atoms with Crippen LogP contribution in [0.4, 0.5) is 21.8 Å². The van der Waals surface area contributed by atoms with E-state index >= 15 is 0 Å². The lowest BCUT2D eigenvalue weighted by Gasteiger charge is -2.09. The van der Waals surface area contributed by atoms with Crippen LogP contribution in [0.1, 0.15) is 5.56 Å². The fourth-order valence-corrected chi connectivity index (χ4v) is 2.29. The summed E-state index contributed by atoms with van der Waals surface area (Å²) in [5.41, 5.74) is 1.52. The van der Waals surface area contributed by atoms with Gasteiger partial charge in [0.2, 0.25) is 5.95 Å². The summed E-state index contributed by atoms with van der Waals surface area (Å²) in [6.07, 6.45) is 1.47. The van der Waals surface area contributed by atoms with Crippen LogP contribution in [0.2, 0.25) is 10.0 Å². The Morgan fingerprint density at radius 1 is 1.04 bits per heavy atom. The van der Waals surface area contributed by atoms with Gasteiger partial charge in [0, 0.05) is 11.6 Å². The van der Waals surface area contributed by atoms with Gasteiger partial charge in [-0.15, -0.1) is 5.10 Å². The number of anilines is 3. The zero-order valence-electron chi connectivity index (χ0n) is 12.3. The average Bonchev–Trinajstić information content (AvgIpc) is 2.58. The van der Waals surface area contributed by atoms with Crippen molar-refractivity contribution in [2.45, 2.75) is 6.54 Å². The topological polar surface area (TPSA) is 62.7 Å². The molecule has 5 nitrogen and oxygen atoms in total. The summed E-state index contributed by atoms with van der Waals surface area (Å²) in [6.45, 7) is 0.448. The monoisotopic (exact) mass is 363 g/mol. The molecule has 3 rings (SSSR count). The highest BCUT2D eigenvalue weighted by atomic mass is 35.5. The second-order valence-corrected chi connectivity index (χ2v) is 5.74. The lowest BCUT2D eigenvalue weighted by atomic mass is 10.2. The molecule has 1 heterocycles. The first-order valence-electron chi connectivity index (χ1n) is 7.00. The van der Waals surface area contributed by atoms with Gasteiger partial charge in [0.25, 0.3) is 0 Å². The van der Waals surface area contributed by atoms with Crippen LogP contribution in [0.15, 0.2) is 48.7 Å². The third kappa shape index (κ3) is 4.31. The molecule has 0 fully saturated rings. The second kappa shape index (κ2) is 7.42. The van der Waals surface area contributed by atoms with Crippen molar-refractivity contribution in [3.63, 3.8) is 0 Å². The van der Waals surface area contributed by atoms with Crippen molar-refractivity contribution in [1.82, 2.24) is 15.2 Å². The predicted molar refractivity (Wildman–Crippen MR) is 93.3 cm³/mol. The molecule has 0 spiro atoms. The number of hydrogen-bond donors (Lipinski definition) is 2. The van der Waals surface area contributed by atoms with Crippen LogP contribution in [0.25, 0.3) is 0 Å². The van der Waals surface area contributed by atoms with Gasteiger partial charge in [-0.3, -0.25) is 0 Å². The second-order valence-electron chi connectivity index (χ2n) is 4.89. The molecule has 1 aromatic heterocycles. The molecule has 122 valence electrons. The number of nitrogens with one attached hydrogen (secondary N) is 2. The van der Waals surface area contributed by atoms with Gasteiger partial charge < -0.3 is 10.6 Å². The lowest BCUT2D eigenvalue weighted by Crippen LogP contribution is -2.06. The molecule has 0 amide bonds. The smallest absolute Gasteiger partial charge is 0.244 e. The van der Waals surface area contributed by atoms with E-state index in [1.807, 2.05) is 0 Å². The van der Waals surface area contributed by atoms with Crippen molar-refractivity contribution >= 4 is 40.7 Å². The number of aromatic nitrogens is 3. The van der Waals surface area contributed by atoms with Crippen molar-refractivity contribution < 1.29 is 4.39 Å². The first-order valence-corrected chi connectivity index (χ1v) is 7.76. The Labute approximate surface area is 147 Å². The summed E-state index contributed by atoms with van der Waals surface area (Å²) >= 11 is 12.1. The van der Waals surface area contributed by atoms with Gasteiger partial charge in [-0.25, -0.2) is 4.39 Å². The van der Waals surface area contributed by atoms with Gasteiger partial charge in [-0.1, -0.05) is 35.3 Å². The minimum atomic E-state index is -0.277. The van der Waals surface area contributed by atoms with Crippen molar-refractivity contribution in [2.75, 3.05) is 10.6 Å². The standard InChI is InChI=1S/C16H12Cl2FN5/c17-11-3-6-13(18)14(7-11)22-15-9-21-24-16(23-15)20-8-10-1-4-12(19)5-2-10/h1-7,9H,8H2,(H2,20,22,23,24). The Bertz CT molecular complexity index is 842. The highest BCUT2D eigenvalue weighted by Crippen LogP contribution is 2.27. The largest absolute Gasteiger partial charge is 0.349 e. The normalized spacial score (nSPS) is 10.5. The molecule has 2 aromatic carbocycles. The molecular weight excluding hydrogens is 352 g/mol. The third-order valence-electron chi connectivity index (χ3n) is 3.11. The number of halogens is 3. The molecular formula is C16H12Cl2FN5. The maximum absolute atomic E-state index is 12.9. The summed E-state index contributed by atoms with van der Waals surface area (Å²) in [5, 5.41) is 14.9. The summed E-state index contributed by atoms with van der Waals surface area (Å²) in [6, 6.07) is 11.2. The highest BCUT2D eigenvalue weighted by molar-refractivity contribution is 6.35. The minimum absolute atomic E-state index is 0.277. The summed E-state index contributed by atoms with van der Waals surface area (Å²) in [4.78, 5) is 4.30. The van der Waals surface area contributed by atoms with Gasteiger partial charge in [-0.05, 0) is 35.9 Å². The van der Waals surface area contributed by atoms with E-state index in [1.165, 1.54) is 18.3 Å². The van der Waals surface area contributed by atoms with E-state index in [4.69, 9.17) is 23.2 Å². The molecule has 2 N–H and O–H groups in total. The van der Waals surface area contributed by atoms with Crippen molar-refractivity contribution in [1.29, 1.82) is 0 Å². The predicted octanol–water partition coefficient (Wildman–Crippen LogP) is 4.67. The maximum atomic E-state index is 12.9. The first kappa shape index (κ1) is 16.4. The van der Waals surface area contributed by atoms with Gasteiger partial charge in [0.15, 0.2) is 5.82 Å². The molecule has 0 radical (unpaired) electrons. The van der Waals surface area contributed by atoms with E-state index in [9.17, 15) is 4.39 Å². The molecule has 8 heteroatoms. The van der Waals surface area contributed by atoms with E-state index in [0.717, 1.165) is 5.56 Å². The minimum Gasteiger partial charge on any atom is -0.349 e. The van der Waals surface area contributed by atoms with Crippen LogP contribution in [0.5, 0.6) is 0 Å². The Kier molecular flexibility index (Phi) is 5.08. The van der Waals surface area contributed by atoms with Crippen molar-refractivity contribution in [3.05, 3.63) is 70.1 Å². The van der Waals surface area contributed by atoms with Crippen LogP contribution in [0.3, 0.4) is 0 Å². The first-order chi connectivity index (χ1) is 11.6. The van der Waals surface area contributed by atoms with Crippen LogP contribution >= 0.6 is 23.2 Å².